The molecule has 1 atom stereocenters. The zero-order valence-electron chi connectivity index (χ0n) is 5.81. The van der Waals surface area contributed by atoms with E-state index in [1.54, 1.807) is 0 Å². The van der Waals surface area contributed by atoms with E-state index in [0.29, 0.717) is 5.92 Å². The predicted octanol–water partition coefficient (Wildman–Crippen LogP) is 1.17. The van der Waals surface area contributed by atoms with Crippen LogP contribution in [-0.4, -0.2) is 12.5 Å². The minimum atomic E-state index is 0. The van der Waals surface area contributed by atoms with Crippen LogP contribution in [0.25, 0.3) is 0 Å². The highest BCUT2D eigenvalue weighted by atomic mass is 16.1. The molecule has 1 N–H and O–H groups in total. The van der Waals surface area contributed by atoms with Crippen molar-refractivity contribution in [3.63, 3.8) is 0 Å². The van der Waals surface area contributed by atoms with Crippen LogP contribution < -0.4 is 5.32 Å². The second-order valence-corrected chi connectivity index (χ2v) is 2.66. The van der Waals surface area contributed by atoms with Crippen LogP contribution in [-0.2, 0) is 4.79 Å². The molecule has 2 heteroatoms. The van der Waals surface area contributed by atoms with E-state index in [-0.39, 0.29) is 7.33 Å². The molecule has 0 bridgehead atoms. The summed E-state index contributed by atoms with van der Waals surface area (Å²) in [4.78, 5) is 10.6. The fraction of sp³-hybridized carbons (Fsp3) is 0.857. The third-order valence-corrected chi connectivity index (χ3v) is 1.76. The second-order valence-electron chi connectivity index (χ2n) is 2.66. The summed E-state index contributed by atoms with van der Waals surface area (Å²) in [6.07, 6.45) is 3.15. The Hall–Kier alpha value is -0.530. The lowest BCUT2D eigenvalue weighted by molar-refractivity contribution is -0.119. The molecule has 1 fully saturated rings. The molecular weight excluding hydrogens is 114 g/mol. The first kappa shape index (κ1) is 6.59. The van der Waals surface area contributed by atoms with E-state index in [0.717, 1.165) is 13.0 Å². The first-order valence-corrected chi connectivity index (χ1v) is 3.59. The maximum Gasteiger partial charge on any atom is 0.220 e. The van der Waals surface area contributed by atoms with Gasteiger partial charge in [0.05, 0.1) is 0 Å². The van der Waals surface area contributed by atoms with Gasteiger partial charge in [-0.15, -0.1) is 0 Å². The van der Waals surface area contributed by atoms with E-state index >= 15 is 0 Å². The van der Waals surface area contributed by atoms with Crippen molar-refractivity contribution in [2.75, 3.05) is 6.54 Å². The molecule has 1 aliphatic rings. The van der Waals surface area contributed by atoms with Crippen molar-refractivity contribution in [1.82, 2.24) is 5.32 Å². The summed E-state index contributed by atoms with van der Waals surface area (Å²) < 4.78 is 0. The Kier molecular flexibility index (Phi) is 2.09. The Bertz CT molecular complexity index is 116. The number of carbonyl (C=O) groups excluding carboxylic acids is 1. The normalized spacial score (nSPS) is 26.3. The molecule has 1 heterocycles. The molecule has 1 unspecified atom stereocenters. The highest BCUT2D eigenvalue weighted by Gasteiger charge is 2.19. The van der Waals surface area contributed by atoms with Crippen molar-refractivity contribution in [1.29, 1.82) is 0 Å². The van der Waals surface area contributed by atoms with E-state index < -0.39 is 0 Å². The van der Waals surface area contributed by atoms with Gasteiger partial charge in [0, 0.05) is 14.4 Å². The van der Waals surface area contributed by atoms with Crippen LogP contribution in [0.2, 0.25) is 0 Å². The molecule has 0 aromatic rings. The maximum atomic E-state index is 10.6. The van der Waals surface area contributed by atoms with E-state index in [1.165, 1.54) is 12.8 Å². The summed E-state index contributed by atoms with van der Waals surface area (Å²) >= 11 is 0. The van der Waals surface area contributed by atoms with Gasteiger partial charge in [0.25, 0.3) is 0 Å². The number of carbonyl (C=O) groups is 1. The van der Waals surface area contributed by atoms with Gasteiger partial charge in [0.15, 0.2) is 0 Å². The monoisotopic (exact) mass is 129 g/mol. The number of amides is 1. The van der Waals surface area contributed by atoms with Gasteiger partial charge < -0.3 is 5.32 Å². The fourth-order valence-corrected chi connectivity index (χ4v) is 1.28. The molecule has 0 radical (unpaired) electrons. The highest BCUT2D eigenvalue weighted by molar-refractivity contribution is 5.78. The Labute approximate surface area is 57.1 Å². The average molecular weight is 129 g/mol. The van der Waals surface area contributed by atoms with Crippen molar-refractivity contribution in [2.24, 2.45) is 5.92 Å². The van der Waals surface area contributed by atoms with E-state index in [1.807, 2.05) is 0 Å². The van der Waals surface area contributed by atoms with Crippen molar-refractivity contribution in [3.8, 4) is 0 Å². The van der Waals surface area contributed by atoms with Crippen LogP contribution in [0.4, 0.5) is 0 Å². The van der Waals surface area contributed by atoms with Gasteiger partial charge in [0.1, 0.15) is 0 Å². The lowest BCUT2D eigenvalue weighted by Gasteiger charge is -2.01. The largest absolute Gasteiger partial charge is 0.356 e. The quantitative estimate of drug-likeness (QED) is 0.595. The predicted molar refractivity (Wildman–Crippen MR) is 38.1 cm³/mol. The van der Waals surface area contributed by atoms with Crippen molar-refractivity contribution in [3.05, 3.63) is 0 Å². The minimum absolute atomic E-state index is 0. The zero-order valence-corrected chi connectivity index (χ0v) is 5.81. The molecule has 2 nitrogen and oxygen atoms in total. The van der Waals surface area contributed by atoms with Gasteiger partial charge in [-0.3, -0.25) is 4.79 Å². The Morgan fingerprint density at radius 1 is 1.89 bits per heavy atom. The Morgan fingerprint density at radius 2 is 2.67 bits per heavy atom. The van der Waals surface area contributed by atoms with Gasteiger partial charge in [-0.25, -0.2) is 0 Å². The molecule has 0 aromatic heterocycles. The molecule has 1 saturated heterocycles. The molecular formula is C7H15NO. The summed E-state index contributed by atoms with van der Waals surface area (Å²) in [6, 6.07) is 0. The van der Waals surface area contributed by atoms with Crippen LogP contribution >= 0.6 is 0 Å². The number of hydrogen-bond acceptors (Lipinski definition) is 1. The summed E-state index contributed by atoms with van der Waals surface area (Å²) in [5.41, 5.74) is 0. The molecule has 0 saturated carbocycles. The average Bonchev–Trinajstić information content (AvgIpc) is 2.17. The van der Waals surface area contributed by atoms with Gasteiger partial charge >= 0.3 is 0 Å². The first-order chi connectivity index (χ1) is 4.33. The van der Waals surface area contributed by atoms with Crippen LogP contribution in [0, 0.1) is 5.92 Å². The minimum Gasteiger partial charge on any atom is -0.356 e. The second kappa shape index (κ2) is 2.85. The number of nitrogens with one attached hydrogen (secondary N) is 1. The molecule has 0 spiro atoms. The molecule has 1 amide bonds. The Balaban J connectivity index is 0.000000810. The van der Waals surface area contributed by atoms with Crippen LogP contribution in [0.1, 0.15) is 27.6 Å². The fourth-order valence-electron chi connectivity index (χ4n) is 1.28. The lowest BCUT2D eigenvalue weighted by Crippen LogP contribution is -2.13. The topological polar surface area (TPSA) is 29.1 Å². The van der Waals surface area contributed by atoms with Crippen LogP contribution in [0.15, 0.2) is 0 Å². The molecule has 1 aliphatic heterocycles. The number of rotatable bonds is 2. The standard InChI is InChI=1S/C7H13NO.H2/c1-2-3-6-4-7(9)8-5-6;/h6H,2-5H2,1H3,(H,8,9);1H. The third-order valence-electron chi connectivity index (χ3n) is 1.76. The van der Waals surface area contributed by atoms with E-state index in [4.69, 9.17) is 0 Å². The summed E-state index contributed by atoms with van der Waals surface area (Å²) in [6.45, 7) is 3.06. The maximum absolute atomic E-state index is 10.6. The van der Waals surface area contributed by atoms with Gasteiger partial charge in [-0.05, 0) is 12.3 Å². The lowest BCUT2D eigenvalue weighted by atomic mass is 10.0. The SMILES string of the molecule is CCCC1CNC(=O)C1.[HH]. The van der Waals surface area contributed by atoms with Gasteiger partial charge in [0.2, 0.25) is 5.91 Å². The summed E-state index contributed by atoms with van der Waals surface area (Å²) in [5, 5.41) is 2.82. The van der Waals surface area contributed by atoms with Gasteiger partial charge in [-0.1, -0.05) is 13.3 Å². The third kappa shape index (κ3) is 1.70. The smallest absolute Gasteiger partial charge is 0.220 e. The van der Waals surface area contributed by atoms with Crippen LogP contribution in [0.3, 0.4) is 0 Å². The zero-order chi connectivity index (χ0) is 6.69. The number of hydrogen-bond donors (Lipinski definition) is 1. The van der Waals surface area contributed by atoms with E-state index in [2.05, 4.69) is 12.2 Å². The van der Waals surface area contributed by atoms with Gasteiger partial charge in [-0.2, -0.15) is 0 Å². The summed E-state index contributed by atoms with van der Waals surface area (Å²) in [5.74, 6) is 0.857. The van der Waals surface area contributed by atoms with E-state index in [9.17, 15) is 4.79 Å². The molecule has 0 aliphatic carbocycles. The van der Waals surface area contributed by atoms with Crippen molar-refractivity contribution < 1.29 is 6.22 Å². The highest BCUT2D eigenvalue weighted by Crippen LogP contribution is 2.14. The summed E-state index contributed by atoms with van der Waals surface area (Å²) in [7, 11) is 0. The molecule has 1 rings (SSSR count). The molecule has 0 aromatic carbocycles. The molecule has 54 valence electrons. The molecule has 9 heavy (non-hydrogen) atoms. The Morgan fingerprint density at radius 3 is 3.11 bits per heavy atom. The first-order valence-electron chi connectivity index (χ1n) is 3.59. The van der Waals surface area contributed by atoms with Crippen molar-refractivity contribution in [2.45, 2.75) is 26.2 Å². The van der Waals surface area contributed by atoms with Crippen molar-refractivity contribution >= 4 is 5.91 Å². The van der Waals surface area contributed by atoms with Crippen LogP contribution in [0.5, 0.6) is 0 Å².